The lowest BCUT2D eigenvalue weighted by Gasteiger charge is -2.24. The molecule has 1 aliphatic heterocycles. The molecule has 0 spiro atoms. The first-order chi connectivity index (χ1) is 13.0. The Morgan fingerprint density at radius 3 is 2.67 bits per heavy atom. The highest BCUT2D eigenvalue weighted by Gasteiger charge is 2.32. The Balaban J connectivity index is 1.63. The molecular formula is C21H19FN4O. The number of hydrazone groups is 1. The number of amides is 1. The number of aromatic nitrogens is 1. The molecule has 0 bridgehead atoms. The second-order valence-electron chi connectivity index (χ2n) is 7.45. The average Bonchev–Trinajstić information content (AvgIpc) is 2.95. The molecular weight excluding hydrogens is 343 g/mol. The van der Waals surface area contributed by atoms with Crippen LogP contribution in [0.25, 0.3) is 10.9 Å². The van der Waals surface area contributed by atoms with Crippen molar-refractivity contribution >= 4 is 28.2 Å². The minimum atomic E-state index is -0.425. The van der Waals surface area contributed by atoms with Crippen LogP contribution in [0.2, 0.25) is 0 Å². The Morgan fingerprint density at radius 1 is 1.15 bits per heavy atom. The Morgan fingerprint density at radius 2 is 1.93 bits per heavy atom. The summed E-state index contributed by atoms with van der Waals surface area (Å²) in [6, 6.07) is 11.3. The molecule has 1 aliphatic carbocycles. The van der Waals surface area contributed by atoms with Gasteiger partial charge in [0.15, 0.2) is 0 Å². The van der Waals surface area contributed by atoms with Gasteiger partial charge in [-0.1, -0.05) is 12.1 Å². The summed E-state index contributed by atoms with van der Waals surface area (Å²) in [5.74, 6) is -0.538. The van der Waals surface area contributed by atoms with Gasteiger partial charge in [-0.05, 0) is 48.6 Å². The molecule has 2 N–H and O–H groups in total. The maximum Gasteiger partial charge on any atom is 0.272 e. The zero-order valence-electron chi connectivity index (χ0n) is 15.1. The van der Waals surface area contributed by atoms with Gasteiger partial charge in [-0.15, -0.1) is 0 Å². The van der Waals surface area contributed by atoms with Gasteiger partial charge >= 0.3 is 0 Å². The predicted molar refractivity (Wildman–Crippen MR) is 104 cm³/mol. The number of hydrogen-bond acceptors (Lipinski definition) is 3. The van der Waals surface area contributed by atoms with Crippen LogP contribution >= 0.6 is 0 Å². The number of nitrogens with one attached hydrogen (secondary N) is 2. The number of nitrogens with zero attached hydrogens (tertiary/aromatic N) is 2. The molecule has 27 heavy (non-hydrogen) atoms. The Kier molecular flexibility index (Phi) is 3.37. The van der Waals surface area contributed by atoms with Crippen LogP contribution in [0.3, 0.4) is 0 Å². The number of benzene rings is 2. The maximum absolute atomic E-state index is 14.0. The highest BCUT2D eigenvalue weighted by atomic mass is 19.1. The Bertz CT molecular complexity index is 1110. The lowest BCUT2D eigenvalue weighted by Crippen LogP contribution is -2.22. The van der Waals surface area contributed by atoms with E-state index in [2.05, 4.69) is 44.7 Å². The van der Waals surface area contributed by atoms with E-state index in [0.29, 0.717) is 11.1 Å². The SMILES string of the molecule is CN(C)c1ccc(C2CC3=NNC(=O)c4cc(F)cc5[nH]c(c3c45)C2)cc1. The van der Waals surface area contributed by atoms with Gasteiger partial charge in [-0.2, -0.15) is 5.10 Å². The van der Waals surface area contributed by atoms with Gasteiger partial charge in [-0.3, -0.25) is 4.79 Å². The quantitative estimate of drug-likeness (QED) is 0.732. The van der Waals surface area contributed by atoms with Crippen molar-refractivity contribution in [3.63, 3.8) is 0 Å². The lowest BCUT2D eigenvalue weighted by molar-refractivity contribution is 0.0956. The number of carbonyl (C=O) groups excluding carboxylic acids is 1. The van der Waals surface area contributed by atoms with Crippen molar-refractivity contribution in [3.8, 4) is 0 Å². The fourth-order valence-electron chi connectivity index (χ4n) is 4.22. The molecule has 3 aromatic rings. The molecule has 6 heteroatoms. The third-order valence-electron chi connectivity index (χ3n) is 5.54. The predicted octanol–water partition coefficient (Wildman–Crippen LogP) is 3.55. The van der Waals surface area contributed by atoms with Crippen LogP contribution in [0.4, 0.5) is 10.1 Å². The van der Waals surface area contributed by atoms with E-state index in [1.807, 2.05) is 14.1 Å². The van der Waals surface area contributed by atoms with Crippen molar-refractivity contribution in [2.24, 2.45) is 5.10 Å². The minimum Gasteiger partial charge on any atom is -0.378 e. The van der Waals surface area contributed by atoms with Crippen molar-refractivity contribution in [2.45, 2.75) is 18.8 Å². The summed E-state index contributed by atoms with van der Waals surface area (Å²) in [6.07, 6.45) is 1.54. The van der Waals surface area contributed by atoms with Gasteiger partial charge in [0.25, 0.3) is 5.91 Å². The molecule has 0 saturated heterocycles. The van der Waals surface area contributed by atoms with Gasteiger partial charge in [0.05, 0.1) is 16.8 Å². The first-order valence-electron chi connectivity index (χ1n) is 9.00. The molecule has 1 atom stereocenters. The van der Waals surface area contributed by atoms with E-state index >= 15 is 0 Å². The van der Waals surface area contributed by atoms with Crippen molar-refractivity contribution in [2.75, 3.05) is 19.0 Å². The molecule has 1 unspecified atom stereocenters. The summed E-state index contributed by atoms with van der Waals surface area (Å²) in [5, 5.41) is 5.14. The first-order valence-corrected chi connectivity index (χ1v) is 9.00. The third-order valence-corrected chi connectivity index (χ3v) is 5.54. The first kappa shape index (κ1) is 16.1. The molecule has 5 rings (SSSR count). The molecule has 0 radical (unpaired) electrons. The molecule has 2 aliphatic rings. The summed E-state index contributed by atoms with van der Waals surface area (Å²) in [5.41, 5.74) is 8.79. The van der Waals surface area contributed by atoms with Crippen molar-refractivity contribution in [1.29, 1.82) is 0 Å². The van der Waals surface area contributed by atoms with E-state index in [1.165, 1.54) is 17.7 Å². The fraction of sp³-hybridized carbons (Fsp3) is 0.238. The zero-order chi connectivity index (χ0) is 18.7. The van der Waals surface area contributed by atoms with Crippen molar-refractivity contribution in [1.82, 2.24) is 10.4 Å². The van der Waals surface area contributed by atoms with Gasteiger partial charge in [0, 0.05) is 36.4 Å². The van der Waals surface area contributed by atoms with E-state index in [4.69, 9.17) is 0 Å². The van der Waals surface area contributed by atoms with Gasteiger partial charge in [0.1, 0.15) is 5.82 Å². The summed E-state index contributed by atoms with van der Waals surface area (Å²) in [7, 11) is 4.04. The molecule has 5 nitrogen and oxygen atoms in total. The van der Waals surface area contributed by atoms with E-state index < -0.39 is 5.82 Å². The number of anilines is 1. The van der Waals surface area contributed by atoms with Crippen LogP contribution < -0.4 is 10.3 Å². The molecule has 2 heterocycles. The summed E-state index contributed by atoms with van der Waals surface area (Å²) in [6.45, 7) is 0. The van der Waals surface area contributed by atoms with E-state index in [1.54, 1.807) is 0 Å². The summed E-state index contributed by atoms with van der Waals surface area (Å²) >= 11 is 0. The highest BCUT2D eigenvalue weighted by Crippen LogP contribution is 2.39. The van der Waals surface area contributed by atoms with Gasteiger partial charge in [-0.25, -0.2) is 9.82 Å². The minimum absolute atomic E-state index is 0.254. The summed E-state index contributed by atoms with van der Waals surface area (Å²) < 4.78 is 14.0. The van der Waals surface area contributed by atoms with Crippen LogP contribution in [0.1, 0.15) is 39.5 Å². The average molecular weight is 362 g/mol. The van der Waals surface area contributed by atoms with E-state index in [0.717, 1.165) is 40.9 Å². The maximum atomic E-state index is 14.0. The van der Waals surface area contributed by atoms with Crippen LogP contribution in [-0.4, -0.2) is 30.7 Å². The number of hydrogen-bond donors (Lipinski definition) is 2. The largest absolute Gasteiger partial charge is 0.378 e. The number of carbonyl (C=O) groups is 1. The number of halogens is 1. The summed E-state index contributed by atoms with van der Waals surface area (Å²) in [4.78, 5) is 17.8. The highest BCUT2D eigenvalue weighted by molar-refractivity contribution is 6.20. The van der Waals surface area contributed by atoms with Crippen LogP contribution in [0.15, 0.2) is 41.5 Å². The molecule has 1 amide bonds. The molecule has 0 saturated carbocycles. The number of rotatable bonds is 2. The van der Waals surface area contributed by atoms with Gasteiger partial charge in [0.2, 0.25) is 0 Å². The second kappa shape index (κ2) is 5.67. The standard InChI is InChI=1S/C21H19FN4O/c1-26(2)14-5-3-11(4-6-14)12-7-16-20-18(8-12)24-25-21(27)15-9-13(22)10-17(23-16)19(15)20/h3-6,9-10,12,23H,7-8H2,1-2H3,(H,25,27). The monoisotopic (exact) mass is 362 g/mol. The van der Waals surface area contributed by atoms with E-state index in [-0.39, 0.29) is 11.8 Å². The smallest absolute Gasteiger partial charge is 0.272 e. The molecule has 1 aromatic heterocycles. The molecule has 136 valence electrons. The van der Waals surface area contributed by atoms with Crippen LogP contribution in [-0.2, 0) is 6.42 Å². The van der Waals surface area contributed by atoms with Crippen molar-refractivity contribution < 1.29 is 9.18 Å². The lowest BCUT2D eigenvalue weighted by atomic mass is 9.81. The van der Waals surface area contributed by atoms with Gasteiger partial charge < -0.3 is 9.88 Å². The van der Waals surface area contributed by atoms with Crippen LogP contribution in [0, 0.1) is 5.82 Å². The number of aromatic amines is 1. The topological polar surface area (TPSA) is 60.5 Å². The van der Waals surface area contributed by atoms with E-state index in [9.17, 15) is 9.18 Å². The Labute approximate surface area is 155 Å². The number of H-pyrrole nitrogens is 1. The fourth-order valence-corrected chi connectivity index (χ4v) is 4.22. The van der Waals surface area contributed by atoms with Crippen molar-refractivity contribution in [3.05, 3.63) is 64.6 Å². The molecule has 0 fully saturated rings. The molecule has 2 aromatic carbocycles. The zero-order valence-corrected chi connectivity index (χ0v) is 15.1. The van der Waals surface area contributed by atoms with Crippen LogP contribution in [0.5, 0.6) is 0 Å². The second-order valence-corrected chi connectivity index (χ2v) is 7.45. The normalized spacial score (nSPS) is 18.1. The third kappa shape index (κ3) is 2.44. The Hall–Kier alpha value is -3.15.